The average Bonchev–Trinajstić information content (AvgIpc) is 3.49. The van der Waals surface area contributed by atoms with Gasteiger partial charge < -0.3 is 10.1 Å². The summed E-state index contributed by atoms with van der Waals surface area (Å²) in [5, 5.41) is 11.1. The van der Waals surface area contributed by atoms with Gasteiger partial charge in [0, 0.05) is 37.2 Å². The van der Waals surface area contributed by atoms with Crippen LogP contribution in [0.3, 0.4) is 0 Å². The molecule has 0 atom stereocenters. The molecule has 1 N–H and O–H groups in total. The van der Waals surface area contributed by atoms with Crippen molar-refractivity contribution in [3.05, 3.63) is 41.6 Å². The van der Waals surface area contributed by atoms with Crippen LogP contribution in [0.5, 0.6) is 0 Å². The van der Waals surface area contributed by atoms with Crippen molar-refractivity contribution in [3.63, 3.8) is 0 Å². The van der Waals surface area contributed by atoms with Crippen LogP contribution in [0.2, 0.25) is 0 Å². The van der Waals surface area contributed by atoms with Crippen LogP contribution in [0.1, 0.15) is 92.5 Å². The van der Waals surface area contributed by atoms with Gasteiger partial charge in [-0.05, 0) is 56.4 Å². The second-order valence-corrected chi connectivity index (χ2v) is 10.0. The Kier molecular flexibility index (Phi) is 6.82. The summed E-state index contributed by atoms with van der Waals surface area (Å²) >= 11 is 0. The molecule has 5 rings (SSSR count). The fourth-order valence-corrected chi connectivity index (χ4v) is 5.34. The first kappa shape index (κ1) is 23.8. The first-order valence-electron chi connectivity index (χ1n) is 12.5. The number of amides is 1. The average molecular weight is 487 g/mol. The lowest BCUT2D eigenvalue weighted by atomic mass is 9.80. The Morgan fingerprint density at radius 3 is 2.57 bits per heavy atom. The molecule has 35 heavy (non-hydrogen) atoms. The first-order valence-corrected chi connectivity index (χ1v) is 12.5. The number of carbonyl (C=O) groups excluding carboxylic acids is 1. The molecule has 1 aliphatic carbocycles. The zero-order valence-corrected chi connectivity index (χ0v) is 20.2. The molecule has 0 aromatic carbocycles. The van der Waals surface area contributed by atoms with Crippen LogP contribution in [-0.4, -0.2) is 43.5 Å². The van der Waals surface area contributed by atoms with E-state index in [1.807, 2.05) is 6.07 Å². The lowest BCUT2D eigenvalue weighted by molar-refractivity contribution is 0.0845. The summed E-state index contributed by atoms with van der Waals surface area (Å²) in [6, 6.07) is 1.97. The van der Waals surface area contributed by atoms with Gasteiger partial charge in [0.05, 0.1) is 17.9 Å². The number of hydrogen-bond acceptors (Lipinski definition) is 5. The fourth-order valence-electron chi connectivity index (χ4n) is 5.34. The number of ether oxygens (including phenoxy) is 1. The van der Waals surface area contributed by atoms with Crippen molar-refractivity contribution in [2.45, 2.75) is 70.8 Å². The highest BCUT2D eigenvalue weighted by Crippen LogP contribution is 2.37. The van der Waals surface area contributed by atoms with E-state index in [0.717, 1.165) is 44.2 Å². The molecular formula is C25H32F2N6O2. The number of hydrogen-bond donors (Lipinski definition) is 1. The molecule has 0 spiro atoms. The Morgan fingerprint density at radius 1 is 1.14 bits per heavy atom. The Balaban J connectivity index is 1.36. The molecule has 3 aromatic heterocycles. The van der Waals surface area contributed by atoms with Crippen molar-refractivity contribution in [2.24, 2.45) is 11.8 Å². The van der Waals surface area contributed by atoms with Crippen LogP contribution in [0.25, 0.3) is 5.65 Å². The maximum absolute atomic E-state index is 13.8. The quantitative estimate of drug-likeness (QED) is 0.504. The normalized spacial score (nSPS) is 21.8. The number of halogens is 2. The van der Waals surface area contributed by atoms with Crippen LogP contribution in [0.15, 0.2) is 24.7 Å². The van der Waals surface area contributed by atoms with Gasteiger partial charge in [-0.25, -0.2) is 18.3 Å². The third-order valence-corrected chi connectivity index (χ3v) is 7.55. The van der Waals surface area contributed by atoms with Gasteiger partial charge in [-0.2, -0.15) is 10.2 Å². The third kappa shape index (κ3) is 4.94. The number of rotatable bonds is 6. The highest BCUT2D eigenvalue weighted by atomic mass is 19.3. The van der Waals surface area contributed by atoms with Gasteiger partial charge in [0.25, 0.3) is 12.3 Å². The predicted molar refractivity (Wildman–Crippen MR) is 127 cm³/mol. The van der Waals surface area contributed by atoms with E-state index in [4.69, 9.17) is 9.72 Å². The molecule has 8 nitrogen and oxygen atoms in total. The molecular weight excluding hydrogens is 454 g/mol. The van der Waals surface area contributed by atoms with E-state index in [0.29, 0.717) is 30.7 Å². The lowest BCUT2D eigenvalue weighted by Crippen LogP contribution is -2.21. The monoisotopic (exact) mass is 486 g/mol. The molecule has 0 bridgehead atoms. The molecule has 3 aromatic rings. The third-order valence-electron chi connectivity index (χ3n) is 7.55. The van der Waals surface area contributed by atoms with Crippen molar-refractivity contribution < 1.29 is 18.3 Å². The summed E-state index contributed by atoms with van der Waals surface area (Å²) in [6.07, 6.45) is 7.59. The molecule has 10 heteroatoms. The Hall–Kier alpha value is -2.88. The van der Waals surface area contributed by atoms with E-state index in [1.54, 1.807) is 17.1 Å². The van der Waals surface area contributed by atoms with Crippen molar-refractivity contribution in [3.8, 4) is 0 Å². The van der Waals surface area contributed by atoms with Crippen molar-refractivity contribution in [1.29, 1.82) is 0 Å². The number of nitrogens with one attached hydrogen (secondary N) is 1. The molecule has 4 heterocycles. The Morgan fingerprint density at radius 2 is 1.89 bits per heavy atom. The summed E-state index contributed by atoms with van der Waals surface area (Å²) in [4.78, 5) is 17.8. The maximum atomic E-state index is 13.8. The summed E-state index contributed by atoms with van der Waals surface area (Å²) in [6.45, 7) is 5.82. The van der Waals surface area contributed by atoms with Gasteiger partial charge in [0.2, 0.25) is 0 Å². The van der Waals surface area contributed by atoms with E-state index in [-0.39, 0.29) is 23.2 Å². The zero-order valence-electron chi connectivity index (χ0n) is 20.2. The SMILES string of the molecule is CC(C)C1CCC(n2cc(NC(=O)c3cnn4ccc(C5CCOCC5)nc34)c(C(F)F)n2)CC1. The maximum Gasteiger partial charge on any atom is 0.284 e. The molecule has 0 unspecified atom stereocenters. The van der Waals surface area contributed by atoms with E-state index in [2.05, 4.69) is 29.4 Å². The van der Waals surface area contributed by atoms with E-state index >= 15 is 0 Å². The molecule has 1 saturated heterocycles. The van der Waals surface area contributed by atoms with Crippen LogP contribution in [0, 0.1) is 11.8 Å². The second kappa shape index (κ2) is 10.0. The topological polar surface area (TPSA) is 86.3 Å². The molecule has 1 amide bonds. The van der Waals surface area contributed by atoms with Crippen molar-refractivity contribution in [2.75, 3.05) is 18.5 Å². The van der Waals surface area contributed by atoms with Gasteiger partial charge in [-0.3, -0.25) is 9.48 Å². The molecule has 0 radical (unpaired) electrons. The van der Waals surface area contributed by atoms with E-state index in [1.165, 1.54) is 10.7 Å². The molecule has 1 saturated carbocycles. The van der Waals surface area contributed by atoms with Crippen LogP contribution in [-0.2, 0) is 4.74 Å². The van der Waals surface area contributed by atoms with Gasteiger partial charge in [-0.1, -0.05) is 13.8 Å². The van der Waals surface area contributed by atoms with Crippen molar-refractivity contribution in [1.82, 2.24) is 24.4 Å². The van der Waals surface area contributed by atoms with Crippen LogP contribution in [0.4, 0.5) is 14.5 Å². The van der Waals surface area contributed by atoms with Gasteiger partial charge in [0.15, 0.2) is 11.3 Å². The number of aromatic nitrogens is 5. The molecule has 188 valence electrons. The lowest BCUT2D eigenvalue weighted by Gasteiger charge is -2.30. The fraction of sp³-hybridized carbons (Fsp3) is 0.600. The molecule has 2 aliphatic rings. The first-order chi connectivity index (χ1) is 16.9. The van der Waals surface area contributed by atoms with Gasteiger partial charge >= 0.3 is 0 Å². The largest absolute Gasteiger partial charge is 0.381 e. The van der Waals surface area contributed by atoms with Crippen molar-refractivity contribution >= 4 is 17.2 Å². The Labute approximate surface area is 203 Å². The number of fused-ring (bicyclic) bond motifs is 1. The van der Waals surface area contributed by atoms with Crippen LogP contribution < -0.4 is 5.32 Å². The zero-order chi connectivity index (χ0) is 24.5. The second-order valence-electron chi connectivity index (χ2n) is 10.0. The smallest absolute Gasteiger partial charge is 0.284 e. The standard InChI is InChI=1S/C25H32F2N6O2/c1-15(2)16-3-5-18(6-4-16)33-14-21(22(31-33)23(26)27)30-25(34)19-13-28-32-10-7-20(29-24(19)32)17-8-11-35-12-9-17/h7,10,13-18,23H,3-6,8-9,11-12H2,1-2H3,(H,30,34). The van der Waals surface area contributed by atoms with E-state index < -0.39 is 18.0 Å². The predicted octanol–water partition coefficient (Wildman–Crippen LogP) is 5.40. The highest BCUT2D eigenvalue weighted by molar-refractivity contribution is 6.08. The minimum Gasteiger partial charge on any atom is -0.381 e. The molecule has 2 fully saturated rings. The number of anilines is 1. The summed E-state index contributed by atoms with van der Waals surface area (Å²) in [5.41, 5.74) is 1.16. The Bertz CT molecular complexity index is 1180. The minimum atomic E-state index is -2.79. The van der Waals surface area contributed by atoms with E-state index in [9.17, 15) is 13.6 Å². The highest BCUT2D eigenvalue weighted by Gasteiger charge is 2.28. The number of carbonyl (C=O) groups is 1. The summed E-state index contributed by atoms with van der Waals surface area (Å²) in [5.74, 6) is 1.01. The summed E-state index contributed by atoms with van der Waals surface area (Å²) < 4.78 is 36.2. The molecule has 1 aliphatic heterocycles. The van der Waals surface area contributed by atoms with Gasteiger partial charge in [0.1, 0.15) is 5.56 Å². The number of nitrogens with zero attached hydrogens (tertiary/aromatic N) is 5. The summed E-state index contributed by atoms with van der Waals surface area (Å²) in [7, 11) is 0. The minimum absolute atomic E-state index is 0.0379. The van der Waals surface area contributed by atoms with Gasteiger partial charge in [-0.15, -0.1) is 0 Å². The number of alkyl halides is 2. The van der Waals surface area contributed by atoms with Crippen LogP contribution >= 0.6 is 0 Å².